The lowest BCUT2D eigenvalue weighted by molar-refractivity contribution is -0.136. The Hall–Kier alpha value is -3.75. The van der Waals surface area contributed by atoms with Crippen LogP contribution in [0.4, 0.5) is 10.5 Å². The third-order valence-electron chi connectivity index (χ3n) is 5.81. The molecular formula is C23H25N3O6. The van der Waals surface area contributed by atoms with E-state index in [-0.39, 0.29) is 0 Å². The number of urea groups is 1. The van der Waals surface area contributed by atoms with E-state index in [9.17, 15) is 14.4 Å². The Morgan fingerprint density at radius 1 is 1.16 bits per heavy atom. The monoisotopic (exact) mass is 439 g/mol. The summed E-state index contributed by atoms with van der Waals surface area (Å²) < 4.78 is 16.2. The molecular weight excluding hydrogens is 414 g/mol. The Balaban J connectivity index is 1.54. The molecule has 2 heterocycles. The molecule has 4 amide bonds. The number of amides is 4. The van der Waals surface area contributed by atoms with E-state index in [1.165, 1.54) is 6.92 Å². The highest BCUT2D eigenvalue weighted by Crippen LogP contribution is 2.35. The molecule has 168 valence electrons. The maximum Gasteiger partial charge on any atom is 0.326 e. The molecule has 2 aromatic rings. The molecule has 2 aliphatic heterocycles. The zero-order chi connectivity index (χ0) is 22.9. The maximum atomic E-state index is 13.4. The normalized spacial score (nSPS) is 20.5. The number of ether oxygens (including phenoxy) is 3. The first-order chi connectivity index (χ1) is 15.4. The summed E-state index contributed by atoms with van der Waals surface area (Å²) >= 11 is 0. The number of carbonyl (C=O) groups is 3. The second kappa shape index (κ2) is 8.41. The van der Waals surface area contributed by atoms with Gasteiger partial charge in [-0.2, -0.15) is 0 Å². The first-order valence-corrected chi connectivity index (χ1v) is 10.4. The van der Waals surface area contributed by atoms with Gasteiger partial charge in [-0.1, -0.05) is 19.1 Å². The maximum absolute atomic E-state index is 13.4. The minimum absolute atomic E-state index is 0.330. The van der Waals surface area contributed by atoms with E-state index in [1.807, 2.05) is 6.92 Å². The van der Waals surface area contributed by atoms with Crippen LogP contribution in [-0.2, 0) is 15.1 Å². The third-order valence-corrected chi connectivity index (χ3v) is 5.81. The quantitative estimate of drug-likeness (QED) is 0.671. The second-order valence-electron chi connectivity index (χ2n) is 7.62. The summed E-state index contributed by atoms with van der Waals surface area (Å²) in [4.78, 5) is 40.1. The summed E-state index contributed by atoms with van der Waals surface area (Å²) in [7, 11) is 1.55. The van der Waals surface area contributed by atoms with Crippen LogP contribution in [0, 0.1) is 0 Å². The van der Waals surface area contributed by atoms with Crippen molar-refractivity contribution in [2.24, 2.45) is 0 Å². The molecule has 4 rings (SSSR count). The molecule has 0 aromatic heterocycles. The lowest BCUT2D eigenvalue weighted by Gasteiger charge is -2.27. The van der Waals surface area contributed by atoms with Crippen molar-refractivity contribution in [3.05, 3.63) is 48.0 Å². The van der Waals surface area contributed by atoms with Crippen LogP contribution in [0.2, 0.25) is 0 Å². The van der Waals surface area contributed by atoms with Crippen LogP contribution in [-0.4, -0.2) is 49.1 Å². The number of nitrogens with zero attached hydrogens (tertiary/aromatic N) is 1. The van der Waals surface area contributed by atoms with E-state index in [0.29, 0.717) is 48.1 Å². The number of rotatable bonds is 6. The van der Waals surface area contributed by atoms with Crippen LogP contribution >= 0.6 is 0 Å². The van der Waals surface area contributed by atoms with Crippen LogP contribution in [0.3, 0.4) is 0 Å². The number of hydrogen-bond donors (Lipinski definition) is 2. The van der Waals surface area contributed by atoms with Crippen molar-refractivity contribution in [1.29, 1.82) is 0 Å². The third kappa shape index (κ3) is 3.59. The standard InChI is InChI=1S/C23H25N3O6/c1-4-23(15-5-8-17(30-3)9-6-15)21(28)26(22(29)25-23)14(2)20(27)24-16-7-10-18-19(13-16)32-12-11-31-18/h5-10,13-14H,4,11-12H2,1-3H3,(H,24,27)(H,25,29)/t14-,23+/m1/s1. The number of hydrogen-bond acceptors (Lipinski definition) is 6. The van der Waals surface area contributed by atoms with Crippen LogP contribution in [0.15, 0.2) is 42.5 Å². The molecule has 2 aliphatic rings. The summed E-state index contributed by atoms with van der Waals surface area (Å²) in [6, 6.07) is 10.3. The van der Waals surface area contributed by atoms with E-state index >= 15 is 0 Å². The summed E-state index contributed by atoms with van der Waals surface area (Å²) in [5.41, 5.74) is -0.134. The first kappa shape index (κ1) is 21.5. The SMILES string of the molecule is CC[C@@]1(c2ccc(OC)cc2)NC(=O)N([C@H](C)C(=O)Nc2ccc3c(c2)OCCO3)C1=O. The molecule has 2 atom stereocenters. The van der Waals surface area contributed by atoms with Crippen molar-refractivity contribution in [2.45, 2.75) is 31.8 Å². The zero-order valence-electron chi connectivity index (χ0n) is 18.1. The Morgan fingerprint density at radius 3 is 2.50 bits per heavy atom. The van der Waals surface area contributed by atoms with Crippen LogP contribution < -0.4 is 24.8 Å². The van der Waals surface area contributed by atoms with Gasteiger partial charge in [-0.3, -0.25) is 9.59 Å². The number of imide groups is 1. The lowest BCUT2D eigenvalue weighted by Crippen LogP contribution is -2.47. The first-order valence-electron chi connectivity index (χ1n) is 10.4. The van der Waals surface area contributed by atoms with Gasteiger partial charge in [0.1, 0.15) is 30.5 Å². The number of fused-ring (bicyclic) bond motifs is 1. The Labute approximate surface area is 185 Å². The van der Waals surface area contributed by atoms with E-state index in [4.69, 9.17) is 14.2 Å². The van der Waals surface area contributed by atoms with Gasteiger partial charge >= 0.3 is 6.03 Å². The molecule has 0 bridgehead atoms. The fourth-order valence-corrected chi connectivity index (χ4v) is 3.95. The molecule has 9 heteroatoms. The van der Waals surface area contributed by atoms with Gasteiger partial charge in [0.15, 0.2) is 11.5 Å². The van der Waals surface area contributed by atoms with Gasteiger partial charge in [0.05, 0.1) is 7.11 Å². The van der Waals surface area contributed by atoms with Crippen LogP contribution in [0.1, 0.15) is 25.8 Å². The van der Waals surface area contributed by atoms with Crippen LogP contribution in [0.5, 0.6) is 17.2 Å². The van der Waals surface area contributed by atoms with E-state index < -0.39 is 29.4 Å². The number of nitrogens with one attached hydrogen (secondary N) is 2. The molecule has 2 N–H and O–H groups in total. The minimum Gasteiger partial charge on any atom is -0.497 e. The lowest BCUT2D eigenvalue weighted by atomic mass is 9.87. The summed E-state index contributed by atoms with van der Waals surface area (Å²) in [6.07, 6.45) is 0.330. The molecule has 0 radical (unpaired) electrons. The number of methoxy groups -OCH3 is 1. The number of anilines is 1. The van der Waals surface area contributed by atoms with E-state index in [2.05, 4.69) is 10.6 Å². The fraction of sp³-hybridized carbons (Fsp3) is 0.348. The highest BCUT2D eigenvalue weighted by atomic mass is 16.6. The molecule has 0 aliphatic carbocycles. The molecule has 0 unspecified atom stereocenters. The molecule has 1 fully saturated rings. The van der Waals surface area contributed by atoms with E-state index in [1.54, 1.807) is 49.6 Å². The smallest absolute Gasteiger partial charge is 0.326 e. The number of benzene rings is 2. The topological polar surface area (TPSA) is 106 Å². The van der Waals surface area contributed by atoms with Gasteiger partial charge in [0, 0.05) is 11.8 Å². The molecule has 1 saturated heterocycles. The predicted octanol–water partition coefficient (Wildman–Crippen LogP) is 2.65. The van der Waals surface area contributed by atoms with Gasteiger partial charge in [0.2, 0.25) is 5.91 Å². The van der Waals surface area contributed by atoms with Gasteiger partial charge in [-0.05, 0) is 43.2 Å². The highest BCUT2D eigenvalue weighted by molar-refractivity contribution is 6.11. The van der Waals surface area contributed by atoms with Crippen molar-refractivity contribution >= 4 is 23.5 Å². The van der Waals surface area contributed by atoms with Crippen molar-refractivity contribution in [3.8, 4) is 17.2 Å². The minimum atomic E-state index is -1.24. The average Bonchev–Trinajstić information content (AvgIpc) is 3.08. The molecule has 2 aromatic carbocycles. The summed E-state index contributed by atoms with van der Waals surface area (Å²) in [6.45, 7) is 4.22. The Kier molecular flexibility index (Phi) is 5.65. The predicted molar refractivity (Wildman–Crippen MR) is 116 cm³/mol. The second-order valence-corrected chi connectivity index (χ2v) is 7.62. The van der Waals surface area contributed by atoms with Crippen LogP contribution in [0.25, 0.3) is 0 Å². The Morgan fingerprint density at radius 2 is 1.84 bits per heavy atom. The molecule has 32 heavy (non-hydrogen) atoms. The van der Waals surface area contributed by atoms with Gasteiger partial charge in [-0.15, -0.1) is 0 Å². The summed E-state index contributed by atoms with van der Waals surface area (Å²) in [5, 5.41) is 5.54. The molecule has 0 spiro atoms. The van der Waals surface area contributed by atoms with Gasteiger partial charge < -0.3 is 24.8 Å². The van der Waals surface area contributed by atoms with Crippen molar-refractivity contribution in [2.75, 3.05) is 25.6 Å². The Bertz CT molecular complexity index is 1050. The van der Waals surface area contributed by atoms with Gasteiger partial charge in [0.25, 0.3) is 5.91 Å². The van der Waals surface area contributed by atoms with Crippen molar-refractivity contribution in [1.82, 2.24) is 10.2 Å². The van der Waals surface area contributed by atoms with Gasteiger partial charge in [-0.25, -0.2) is 9.69 Å². The average molecular weight is 439 g/mol. The van der Waals surface area contributed by atoms with E-state index in [0.717, 1.165) is 4.90 Å². The summed E-state index contributed by atoms with van der Waals surface area (Å²) in [5.74, 6) is 0.803. The van der Waals surface area contributed by atoms with Crippen molar-refractivity contribution < 1.29 is 28.6 Å². The number of carbonyl (C=O) groups excluding carboxylic acids is 3. The molecule has 0 saturated carbocycles. The van der Waals surface area contributed by atoms with Crippen molar-refractivity contribution in [3.63, 3.8) is 0 Å². The largest absolute Gasteiger partial charge is 0.497 e. The fourth-order valence-electron chi connectivity index (χ4n) is 3.95. The highest BCUT2D eigenvalue weighted by Gasteiger charge is 2.53. The zero-order valence-corrected chi connectivity index (χ0v) is 18.1. The molecule has 9 nitrogen and oxygen atoms in total.